The molecule has 0 aliphatic heterocycles. The number of carbonyl (C=O) groups is 1. The number of amides is 1. The molecule has 0 unspecified atom stereocenters. The monoisotopic (exact) mass is 487 g/mol. The van der Waals surface area contributed by atoms with Crippen molar-refractivity contribution >= 4 is 28.3 Å². The second-order valence-corrected chi connectivity index (χ2v) is 8.57. The van der Waals surface area contributed by atoms with Crippen LogP contribution in [0.25, 0.3) is 10.9 Å². The van der Waals surface area contributed by atoms with Gasteiger partial charge in [0, 0.05) is 17.9 Å². The third-order valence-electron chi connectivity index (χ3n) is 5.42. The van der Waals surface area contributed by atoms with E-state index in [1.165, 1.54) is 6.33 Å². The molecule has 186 valence electrons. The number of aromatic nitrogens is 3. The molecule has 9 nitrogen and oxygen atoms in total. The SMILES string of the molecule is Cc1ccc(Oc2ccc(Nc3ncnc4cccc(O[C@H](C)C(=O)NC[C@@H](C)O)c34)cc2C)cn1. The second-order valence-electron chi connectivity index (χ2n) is 8.57. The van der Waals surface area contributed by atoms with Crippen LogP contribution >= 0.6 is 0 Å². The molecular weight excluding hydrogens is 458 g/mol. The van der Waals surface area contributed by atoms with E-state index in [0.717, 1.165) is 22.7 Å². The van der Waals surface area contributed by atoms with Gasteiger partial charge in [-0.25, -0.2) is 9.97 Å². The van der Waals surface area contributed by atoms with Gasteiger partial charge in [-0.15, -0.1) is 0 Å². The fourth-order valence-corrected chi connectivity index (χ4v) is 3.53. The van der Waals surface area contributed by atoms with Gasteiger partial charge in [0.25, 0.3) is 5.91 Å². The molecule has 2 aromatic carbocycles. The molecule has 9 heteroatoms. The zero-order valence-electron chi connectivity index (χ0n) is 20.6. The first-order valence-corrected chi connectivity index (χ1v) is 11.6. The topological polar surface area (TPSA) is 118 Å². The lowest BCUT2D eigenvalue weighted by atomic mass is 10.1. The van der Waals surface area contributed by atoms with Crippen LogP contribution in [-0.4, -0.2) is 44.7 Å². The van der Waals surface area contributed by atoms with Crippen LogP contribution in [-0.2, 0) is 4.79 Å². The van der Waals surface area contributed by atoms with Crippen molar-refractivity contribution in [2.24, 2.45) is 0 Å². The summed E-state index contributed by atoms with van der Waals surface area (Å²) >= 11 is 0. The number of carbonyl (C=O) groups excluding carboxylic acids is 1. The molecule has 2 heterocycles. The average molecular weight is 488 g/mol. The van der Waals surface area contributed by atoms with E-state index in [1.807, 2.05) is 56.3 Å². The second kappa shape index (κ2) is 11.0. The number of hydrogen-bond acceptors (Lipinski definition) is 8. The van der Waals surface area contributed by atoms with Crippen LogP contribution < -0.4 is 20.1 Å². The van der Waals surface area contributed by atoms with E-state index in [2.05, 4.69) is 25.6 Å². The summed E-state index contributed by atoms with van der Waals surface area (Å²) in [6, 6.07) is 15.0. The van der Waals surface area contributed by atoms with Gasteiger partial charge in [-0.1, -0.05) is 6.07 Å². The lowest BCUT2D eigenvalue weighted by Gasteiger charge is -2.18. The molecule has 1 amide bonds. The molecule has 0 spiro atoms. The van der Waals surface area contributed by atoms with Gasteiger partial charge in [0.15, 0.2) is 6.10 Å². The molecule has 36 heavy (non-hydrogen) atoms. The lowest BCUT2D eigenvalue weighted by Crippen LogP contribution is -2.39. The first kappa shape index (κ1) is 24.9. The average Bonchev–Trinajstić information content (AvgIpc) is 2.85. The van der Waals surface area contributed by atoms with E-state index >= 15 is 0 Å². The van der Waals surface area contributed by atoms with E-state index in [4.69, 9.17) is 9.47 Å². The van der Waals surface area contributed by atoms with Gasteiger partial charge in [-0.2, -0.15) is 0 Å². The normalized spacial score (nSPS) is 12.6. The molecule has 0 fully saturated rings. The summed E-state index contributed by atoms with van der Waals surface area (Å²) < 4.78 is 11.9. The fraction of sp³-hybridized carbons (Fsp3) is 0.259. The molecule has 2 aromatic heterocycles. The number of nitrogens with one attached hydrogen (secondary N) is 2. The molecule has 0 saturated carbocycles. The van der Waals surface area contributed by atoms with Crippen LogP contribution in [0.5, 0.6) is 17.2 Å². The molecule has 3 N–H and O–H groups in total. The summed E-state index contributed by atoms with van der Waals surface area (Å²) in [6.45, 7) is 7.29. The molecule has 0 bridgehead atoms. The highest BCUT2D eigenvalue weighted by Crippen LogP contribution is 2.33. The van der Waals surface area contributed by atoms with Crippen molar-refractivity contribution in [2.75, 3.05) is 11.9 Å². The van der Waals surface area contributed by atoms with Gasteiger partial charge in [0.05, 0.1) is 23.2 Å². The molecule has 0 saturated heterocycles. The highest BCUT2D eigenvalue weighted by atomic mass is 16.5. The van der Waals surface area contributed by atoms with Gasteiger partial charge in [0.2, 0.25) is 0 Å². The number of aliphatic hydroxyl groups excluding tert-OH is 1. The van der Waals surface area contributed by atoms with Crippen molar-refractivity contribution in [2.45, 2.75) is 39.9 Å². The summed E-state index contributed by atoms with van der Waals surface area (Å²) in [5.74, 6) is 2.08. The van der Waals surface area contributed by atoms with Crippen molar-refractivity contribution in [3.63, 3.8) is 0 Å². The summed E-state index contributed by atoms with van der Waals surface area (Å²) in [5.41, 5.74) is 3.33. The van der Waals surface area contributed by atoms with Gasteiger partial charge in [-0.05, 0) is 75.7 Å². The van der Waals surface area contributed by atoms with E-state index in [-0.39, 0.29) is 12.5 Å². The van der Waals surface area contributed by atoms with E-state index in [1.54, 1.807) is 26.1 Å². The summed E-state index contributed by atoms with van der Waals surface area (Å²) in [4.78, 5) is 25.4. The molecule has 2 atom stereocenters. The van der Waals surface area contributed by atoms with Crippen LogP contribution in [0.1, 0.15) is 25.1 Å². The van der Waals surface area contributed by atoms with E-state index < -0.39 is 12.2 Å². The number of benzene rings is 2. The number of hydrogen-bond donors (Lipinski definition) is 3. The molecule has 0 radical (unpaired) electrons. The quantitative estimate of drug-likeness (QED) is 0.317. The molecule has 4 aromatic rings. The van der Waals surface area contributed by atoms with Crippen molar-refractivity contribution in [3.05, 3.63) is 72.3 Å². The smallest absolute Gasteiger partial charge is 0.260 e. The minimum absolute atomic E-state index is 0.150. The van der Waals surface area contributed by atoms with Crippen LogP contribution in [0.4, 0.5) is 11.5 Å². The highest BCUT2D eigenvalue weighted by molar-refractivity contribution is 5.96. The van der Waals surface area contributed by atoms with Crippen LogP contribution in [0, 0.1) is 13.8 Å². The molecular formula is C27H29N5O4. The third-order valence-corrected chi connectivity index (χ3v) is 5.42. The Bertz CT molecular complexity index is 1350. The zero-order chi connectivity index (χ0) is 25.7. The maximum atomic E-state index is 12.4. The van der Waals surface area contributed by atoms with Crippen LogP contribution in [0.2, 0.25) is 0 Å². The summed E-state index contributed by atoms with van der Waals surface area (Å²) in [7, 11) is 0. The van der Waals surface area contributed by atoms with Crippen LogP contribution in [0.3, 0.4) is 0 Å². The minimum atomic E-state index is -0.780. The lowest BCUT2D eigenvalue weighted by molar-refractivity contribution is -0.127. The number of nitrogens with zero attached hydrogens (tertiary/aromatic N) is 3. The van der Waals surface area contributed by atoms with Crippen molar-refractivity contribution in [1.29, 1.82) is 0 Å². The van der Waals surface area contributed by atoms with Crippen molar-refractivity contribution in [1.82, 2.24) is 20.3 Å². The van der Waals surface area contributed by atoms with Gasteiger partial charge >= 0.3 is 0 Å². The number of aryl methyl sites for hydroxylation is 2. The predicted octanol–water partition coefficient (Wildman–Crippen LogP) is 4.44. The first-order valence-electron chi connectivity index (χ1n) is 11.6. The highest BCUT2D eigenvalue weighted by Gasteiger charge is 2.18. The van der Waals surface area contributed by atoms with E-state index in [9.17, 15) is 9.90 Å². The Hall–Kier alpha value is -4.24. The van der Waals surface area contributed by atoms with Crippen molar-refractivity contribution < 1.29 is 19.4 Å². The van der Waals surface area contributed by atoms with Gasteiger partial charge < -0.3 is 25.2 Å². The van der Waals surface area contributed by atoms with Crippen molar-refractivity contribution in [3.8, 4) is 17.2 Å². The number of fused-ring (bicyclic) bond motifs is 1. The summed E-state index contributed by atoms with van der Waals surface area (Å²) in [6.07, 6.45) is 1.75. The Labute approximate surface area is 209 Å². The van der Waals surface area contributed by atoms with Gasteiger partial charge in [0.1, 0.15) is 29.4 Å². The predicted molar refractivity (Wildman–Crippen MR) is 138 cm³/mol. The number of aliphatic hydroxyl groups is 1. The molecule has 4 rings (SSSR count). The van der Waals surface area contributed by atoms with Crippen LogP contribution in [0.15, 0.2) is 61.1 Å². The van der Waals surface area contributed by atoms with E-state index in [0.29, 0.717) is 28.2 Å². The number of rotatable bonds is 9. The Morgan fingerprint density at radius 3 is 2.58 bits per heavy atom. The standard InChI is InChI=1S/C27H29N5O4/c1-16-12-20(9-11-23(16)36-21-10-8-17(2)28-14-21)32-26-25-22(30-15-31-26)6-5-7-24(25)35-19(4)27(34)29-13-18(3)33/h5-12,14-15,18-19,33H,13H2,1-4H3,(H,29,34)(H,30,31,32)/t18-,19-/m1/s1. The molecule has 0 aliphatic rings. The molecule has 0 aliphatic carbocycles. The summed E-state index contributed by atoms with van der Waals surface area (Å²) in [5, 5.41) is 16.1. The number of pyridine rings is 1. The Kier molecular flexibility index (Phi) is 7.60. The maximum Gasteiger partial charge on any atom is 0.260 e. The first-order chi connectivity index (χ1) is 17.3. The fourth-order valence-electron chi connectivity index (χ4n) is 3.53. The Morgan fingerprint density at radius 1 is 1.03 bits per heavy atom. The van der Waals surface area contributed by atoms with Gasteiger partial charge in [-0.3, -0.25) is 9.78 Å². The third kappa shape index (κ3) is 6.05. The Balaban J connectivity index is 1.56. The minimum Gasteiger partial charge on any atom is -0.480 e. The number of ether oxygens (including phenoxy) is 2. The number of anilines is 2. The Morgan fingerprint density at radius 2 is 1.86 bits per heavy atom. The zero-order valence-corrected chi connectivity index (χ0v) is 20.6. The largest absolute Gasteiger partial charge is 0.480 e. The maximum absolute atomic E-state index is 12.4.